The van der Waals surface area contributed by atoms with Crippen LogP contribution in [-0.2, 0) is 14.6 Å². The summed E-state index contributed by atoms with van der Waals surface area (Å²) in [6.45, 7) is 0.512. The lowest BCUT2D eigenvalue weighted by molar-refractivity contribution is -0.143. The minimum Gasteiger partial charge on any atom is -0.481 e. The van der Waals surface area contributed by atoms with Gasteiger partial charge in [0.15, 0.2) is 9.84 Å². The normalized spacial score (nSPS) is 31.5. The average molecular weight is 318 g/mol. The molecule has 1 saturated carbocycles. The Morgan fingerprint density at radius 1 is 1.10 bits per heavy atom. The van der Waals surface area contributed by atoms with Gasteiger partial charge in [0.2, 0.25) is 0 Å². The maximum Gasteiger partial charge on any atom is 0.315 e. The molecule has 2 aliphatic rings. The molecule has 0 aromatic rings. The van der Waals surface area contributed by atoms with Crippen LogP contribution in [0.2, 0.25) is 0 Å². The van der Waals surface area contributed by atoms with Gasteiger partial charge in [0.1, 0.15) is 0 Å². The molecule has 1 aliphatic carbocycles. The molecule has 0 spiro atoms. The number of urea groups is 1. The molecular formula is C13H22N2O5S. The van der Waals surface area contributed by atoms with E-state index in [0.717, 1.165) is 12.8 Å². The molecule has 1 saturated heterocycles. The second-order valence-corrected chi connectivity index (χ2v) is 8.24. The van der Waals surface area contributed by atoms with Gasteiger partial charge in [0.25, 0.3) is 0 Å². The van der Waals surface area contributed by atoms with Gasteiger partial charge in [-0.2, -0.15) is 0 Å². The third-order valence-electron chi connectivity index (χ3n) is 4.31. The van der Waals surface area contributed by atoms with Crippen molar-refractivity contribution < 1.29 is 23.1 Å². The molecule has 1 aliphatic heterocycles. The van der Waals surface area contributed by atoms with Crippen LogP contribution in [0.1, 0.15) is 32.1 Å². The quantitative estimate of drug-likeness (QED) is 0.693. The summed E-state index contributed by atoms with van der Waals surface area (Å²) in [6, 6.07) is -0.629. The molecule has 0 aromatic carbocycles. The first-order chi connectivity index (χ1) is 9.85. The van der Waals surface area contributed by atoms with Crippen molar-refractivity contribution in [3.8, 4) is 0 Å². The molecule has 7 nitrogen and oxygen atoms in total. The molecule has 1 atom stereocenters. The minimum atomic E-state index is -2.99. The number of carbonyl (C=O) groups is 2. The van der Waals surface area contributed by atoms with Crippen LogP contribution in [0.5, 0.6) is 0 Å². The number of carboxylic acids is 1. The van der Waals surface area contributed by atoms with Crippen LogP contribution in [0.15, 0.2) is 0 Å². The van der Waals surface area contributed by atoms with Gasteiger partial charge < -0.3 is 15.7 Å². The van der Waals surface area contributed by atoms with Gasteiger partial charge in [-0.3, -0.25) is 4.79 Å². The zero-order valence-corrected chi connectivity index (χ0v) is 12.7. The first kappa shape index (κ1) is 16.1. The van der Waals surface area contributed by atoms with Gasteiger partial charge in [0.05, 0.1) is 17.4 Å². The number of carbonyl (C=O) groups excluding carboxylic acids is 1. The zero-order valence-electron chi connectivity index (χ0n) is 11.9. The average Bonchev–Trinajstić information content (AvgIpc) is 2.76. The van der Waals surface area contributed by atoms with E-state index in [-0.39, 0.29) is 29.5 Å². The monoisotopic (exact) mass is 318 g/mol. The van der Waals surface area contributed by atoms with E-state index in [0.29, 0.717) is 31.7 Å². The second kappa shape index (κ2) is 6.64. The fourth-order valence-corrected chi connectivity index (χ4v) is 4.67. The van der Waals surface area contributed by atoms with E-state index in [1.807, 2.05) is 0 Å². The lowest BCUT2D eigenvalue weighted by Gasteiger charge is -2.26. The Labute approximate surface area is 124 Å². The number of rotatable bonds is 4. The summed E-state index contributed by atoms with van der Waals surface area (Å²) in [7, 11) is -2.99. The lowest BCUT2D eigenvalue weighted by Crippen LogP contribution is -2.44. The number of hydrogen-bond acceptors (Lipinski definition) is 4. The summed E-state index contributed by atoms with van der Waals surface area (Å²) >= 11 is 0. The van der Waals surface area contributed by atoms with Crippen molar-refractivity contribution in [2.75, 3.05) is 18.1 Å². The number of hydrogen-bond donors (Lipinski definition) is 3. The number of carboxylic acid groups (broad SMARTS) is 1. The SMILES string of the molecule is O=C(NCC1CCC(C(=O)O)CC1)NC1CCS(=O)(=O)C1. The Hall–Kier alpha value is -1.31. The van der Waals surface area contributed by atoms with Crippen molar-refractivity contribution in [3.63, 3.8) is 0 Å². The number of aliphatic carboxylic acids is 1. The van der Waals surface area contributed by atoms with Crippen molar-refractivity contribution in [2.24, 2.45) is 11.8 Å². The van der Waals surface area contributed by atoms with E-state index in [1.54, 1.807) is 0 Å². The summed E-state index contributed by atoms with van der Waals surface area (Å²) in [6.07, 6.45) is 3.39. The van der Waals surface area contributed by atoms with Crippen molar-refractivity contribution in [1.29, 1.82) is 0 Å². The summed E-state index contributed by atoms with van der Waals surface area (Å²) in [5.74, 6) is -0.527. The lowest BCUT2D eigenvalue weighted by atomic mass is 9.82. The fourth-order valence-electron chi connectivity index (χ4n) is 3.00. The Kier molecular flexibility index (Phi) is 5.08. The van der Waals surface area contributed by atoms with Gasteiger partial charge >= 0.3 is 12.0 Å². The molecule has 1 unspecified atom stereocenters. The minimum absolute atomic E-state index is 0.0180. The van der Waals surface area contributed by atoms with Crippen LogP contribution in [0.3, 0.4) is 0 Å². The van der Waals surface area contributed by atoms with Crippen LogP contribution in [0.25, 0.3) is 0 Å². The summed E-state index contributed by atoms with van der Waals surface area (Å²) in [4.78, 5) is 22.6. The van der Waals surface area contributed by atoms with E-state index < -0.39 is 15.8 Å². The van der Waals surface area contributed by atoms with E-state index in [1.165, 1.54) is 0 Å². The highest BCUT2D eigenvalue weighted by molar-refractivity contribution is 7.91. The molecule has 3 N–H and O–H groups in total. The molecular weight excluding hydrogens is 296 g/mol. The van der Waals surface area contributed by atoms with Crippen LogP contribution < -0.4 is 10.6 Å². The molecule has 0 bridgehead atoms. The van der Waals surface area contributed by atoms with Crippen molar-refractivity contribution in [1.82, 2.24) is 10.6 Å². The Bertz CT molecular complexity index is 497. The van der Waals surface area contributed by atoms with Gasteiger partial charge in [0, 0.05) is 12.6 Å². The number of amides is 2. The number of sulfone groups is 1. The molecule has 8 heteroatoms. The van der Waals surface area contributed by atoms with Crippen molar-refractivity contribution >= 4 is 21.8 Å². The van der Waals surface area contributed by atoms with Crippen LogP contribution in [0.4, 0.5) is 4.79 Å². The summed E-state index contributed by atoms with van der Waals surface area (Å²) in [5.41, 5.74) is 0. The fraction of sp³-hybridized carbons (Fsp3) is 0.846. The van der Waals surface area contributed by atoms with E-state index in [4.69, 9.17) is 5.11 Å². The summed E-state index contributed by atoms with van der Waals surface area (Å²) < 4.78 is 22.6. The van der Waals surface area contributed by atoms with E-state index >= 15 is 0 Å². The molecule has 21 heavy (non-hydrogen) atoms. The van der Waals surface area contributed by atoms with E-state index in [9.17, 15) is 18.0 Å². The maximum absolute atomic E-state index is 11.7. The Balaban J connectivity index is 1.65. The molecule has 2 amide bonds. The van der Waals surface area contributed by atoms with Gasteiger partial charge in [-0.25, -0.2) is 13.2 Å². The van der Waals surface area contributed by atoms with Crippen LogP contribution in [-0.4, -0.2) is 49.6 Å². The third-order valence-corrected chi connectivity index (χ3v) is 6.08. The number of nitrogens with one attached hydrogen (secondary N) is 2. The van der Waals surface area contributed by atoms with Crippen molar-refractivity contribution in [2.45, 2.75) is 38.1 Å². The van der Waals surface area contributed by atoms with Gasteiger partial charge in [-0.05, 0) is 38.0 Å². The molecule has 2 fully saturated rings. The maximum atomic E-state index is 11.7. The van der Waals surface area contributed by atoms with E-state index in [2.05, 4.69) is 10.6 Å². The standard InChI is InChI=1S/C13H22N2O5S/c16-12(17)10-3-1-9(2-4-10)7-14-13(18)15-11-5-6-21(19,20)8-11/h9-11H,1-8H2,(H,16,17)(H2,14,15,18). The molecule has 120 valence electrons. The van der Waals surface area contributed by atoms with Gasteiger partial charge in [-0.15, -0.1) is 0 Å². The van der Waals surface area contributed by atoms with Gasteiger partial charge in [-0.1, -0.05) is 0 Å². The van der Waals surface area contributed by atoms with Crippen molar-refractivity contribution in [3.05, 3.63) is 0 Å². The topological polar surface area (TPSA) is 113 Å². The highest BCUT2D eigenvalue weighted by atomic mass is 32.2. The molecule has 2 rings (SSSR count). The molecule has 1 heterocycles. The summed E-state index contributed by atoms with van der Waals surface area (Å²) in [5, 5.41) is 14.4. The largest absolute Gasteiger partial charge is 0.481 e. The molecule has 0 aromatic heterocycles. The first-order valence-electron chi connectivity index (χ1n) is 7.33. The van der Waals surface area contributed by atoms with Crippen LogP contribution in [0, 0.1) is 11.8 Å². The highest BCUT2D eigenvalue weighted by Gasteiger charge is 2.29. The Morgan fingerprint density at radius 2 is 1.76 bits per heavy atom. The predicted octanol–water partition coefficient (Wildman–Crippen LogP) is 0.364. The Morgan fingerprint density at radius 3 is 2.29 bits per heavy atom. The van der Waals surface area contributed by atoms with Crippen LogP contribution >= 0.6 is 0 Å². The third kappa shape index (κ3) is 4.87. The zero-order chi connectivity index (χ0) is 15.5. The smallest absolute Gasteiger partial charge is 0.315 e. The first-order valence-corrected chi connectivity index (χ1v) is 9.15. The predicted molar refractivity (Wildman–Crippen MR) is 76.7 cm³/mol. The highest BCUT2D eigenvalue weighted by Crippen LogP contribution is 2.28. The second-order valence-electron chi connectivity index (χ2n) is 6.01. The molecule has 0 radical (unpaired) electrons.